The number of ether oxygens (including phenoxy) is 2. The van der Waals surface area contributed by atoms with Gasteiger partial charge in [0.05, 0.1) is 57.5 Å². The van der Waals surface area contributed by atoms with Crippen LogP contribution >= 0.6 is 0 Å². The van der Waals surface area contributed by atoms with Crippen molar-refractivity contribution >= 4 is 87.8 Å². The second kappa shape index (κ2) is 36.1. The Hall–Kier alpha value is -8.54. The molecule has 17 N–H and O–H groups in total. The molecule has 0 aliphatic rings. The zero-order valence-electron chi connectivity index (χ0n) is 47.2. The number of carboxylic acids is 1. The normalized spacial score (nSPS) is 12.8. The average Bonchev–Trinajstić information content (AvgIpc) is 3.65. The van der Waals surface area contributed by atoms with Crippen LogP contribution in [0.4, 0.5) is 17.5 Å². The van der Waals surface area contributed by atoms with Crippen LogP contribution < -0.4 is 54.0 Å². The maximum atomic E-state index is 13.7. The van der Waals surface area contributed by atoms with E-state index < -0.39 is 96.0 Å². The van der Waals surface area contributed by atoms with Gasteiger partial charge in [-0.25, -0.2) is 30.0 Å². The van der Waals surface area contributed by atoms with E-state index in [1.54, 1.807) is 19.2 Å². The number of nitrogens with two attached hydrogens (primary N) is 3. The molecular formula is C50H77N17O17. The smallest absolute Gasteiger partial charge is 0.326 e. The number of carboxylic acid groups (broad SMARTS) is 1. The summed E-state index contributed by atoms with van der Waals surface area (Å²) in [5.74, 6) is -8.06. The van der Waals surface area contributed by atoms with E-state index in [2.05, 4.69) is 51.8 Å². The highest BCUT2D eigenvalue weighted by atomic mass is 16.5. The summed E-state index contributed by atoms with van der Waals surface area (Å²) in [5, 5.41) is 65.2. The summed E-state index contributed by atoms with van der Waals surface area (Å²) >= 11 is 0. The van der Waals surface area contributed by atoms with Crippen molar-refractivity contribution < 1.29 is 83.3 Å². The molecule has 3 aromatic rings. The highest BCUT2D eigenvalue weighted by molar-refractivity contribution is 5.97. The van der Waals surface area contributed by atoms with Crippen LogP contribution in [0.25, 0.3) is 11.2 Å². The van der Waals surface area contributed by atoms with Crippen LogP contribution in [0.2, 0.25) is 0 Å². The van der Waals surface area contributed by atoms with Gasteiger partial charge < -0.3 is 73.7 Å². The topological polar surface area (TPSA) is 505 Å². The number of fused-ring (bicyclic) bond motifs is 1. The summed E-state index contributed by atoms with van der Waals surface area (Å²) in [5.41, 5.74) is 19.6. The van der Waals surface area contributed by atoms with Crippen LogP contribution in [0.3, 0.4) is 0 Å². The predicted molar refractivity (Wildman–Crippen MR) is 294 cm³/mol. The first-order valence-corrected chi connectivity index (χ1v) is 26.6. The van der Waals surface area contributed by atoms with Crippen LogP contribution in [-0.2, 0) is 59.2 Å². The van der Waals surface area contributed by atoms with Crippen molar-refractivity contribution in [3.8, 4) is 0 Å². The lowest BCUT2D eigenvalue weighted by Crippen LogP contribution is -2.58. The van der Waals surface area contributed by atoms with Crippen LogP contribution in [0.5, 0.6) is 0 Å². The zero-order valence-corrected chi connectivity index (χ0v) is 47.2. The number of aliphatic hydroxyl groups is 1. The number of nitrogens with one attached hydrogen (secondary N) is 6. The summed E-state index contributed by atoms with van der Waals surface area (Å²) in [6, 6.07) is -0.672. The summed E-state index contributed by atoms with van der Waals surface area (Å²) in [6.07, 6.45) is 0.630. The molecule has 0 saturated carbocycles. The lowest BCUT2D eigenvalue weighted by atomic mass is 10.1. The number of nitrogen functional groups attached to an aromatic ring is 2. The third-order valence-electron chi connectivity index (χ3n) is 12.3. The van der Waals surface area contributed by atoms with E-state index in [0.717, 1.165) is 20.8 Å². The van der Waals surface area contributed by atoms with E-state index in [1.807, 2.05) is 4.90 Å². The van der Waals surface area contributed by atoms with Crippen molar-refractivity contribution in [1.29, 1.82) is 0 Å². The SMILES string of the molecule is CC(=O)N(O)CCC[C@H](NC(=O)[C@H](CCCN(O)C(C)=O)NC(=O)[C@@H](N)CCCN(O)C(C)=O)C(=O)N[C@@H](CO)C(=O)NCCOCCOCCNC(=O)CC[C@@H](NC(=O)c1ccc(N(C)Cc2cnc3nc(N)nc(N)c3n2)cc1)C(=O)O. The van der Waals surface area contributed by atoms with Gasteiger partial charge in [-0.05, 0) is 69.2 Å². The predicted octanol–water partition coefficient (Wildman–Crippen LogP) is -3.72. The third-order valence-corrected chi connectivity index (χ3v) is 12.3. The highest BCUT2D eigenvalue weighted by Crippen LogP contribution is 2.19. The quantitative estimate of drug-likeness (QED) is 0.0149. The molecule has 9 amide bonds. The molecule has 0 fully saturated rings. The minimum absolute atomic E-state index is 0.0246. The van der Waals surface area contributed by atoms with E-state index in [9.17, 15) is 73.8 Å². The van der Waals surface area contributed by atoms with Crippen molar-refractivity contribution in [1.82, 2.24) is 67.0 Å². The number of aliphatic hydroxyl groups excluding tert-OH is 1. The van der Waals surface area contributed by atoms with E-state index >= 15 is 0 Å². The maximum Gasteiger partial charge on any atom is 0.326 e. The molecule has 5 atom stereocenters. The summed E-state index contributed by atoms with van der Waals surface area (Å²) in [7, 11) is 1.79. The van der Waals surface area contributed by atoms with Crippen molar-refractivity contribution in [2.24, 2.45) is 5.73 Å². The molecule has 464 valence electrons. The summed E-state index contributed by atoms with van der Waals surface area (Å²) in [4.78, 5) is 144. The third kappa shape index (κ3) is 24.9. The maximum absolute atomic E-state index is 13.7. The summed E-state index contributed by atoms with van der Waals surface area (Å²) in [6.45, 7) is 2.16. The van der Waals surface area contributed by atoms with Crippen LogP contribution in [-0.4, -0.2) is 223 Å². The first-order chi connectivity index (χ1) is 39.8. The molecule has 34 heteroatoms. The van der Waals surface area contributed by atoms with Gasteiger partial charge in [-0.3, -0.25) is 58.8 Å². The molecule has 2 heterocycles. The van der Waals surface area contributed by atoms with E-state index in [-0.39, 0.29) is 133 Å². The van der Waals surface area contributed by atoms with Crippen LogP contribution in [0.1, 0.15) is 88.2 Å². The Morgan fingerprint density at radius 2 is 1.13 bits per heavy atom. The molecule has 3 rings (SSSR count). The fourth-order valence-electron chi connectivity index (χ4n) is 7.59. The monoisotopic (exact) mass is 1190 g/mol. The number of carbonyl (C=O) groups is 10. The fraction of sp³-hybridized carbons (Fsp3) is 0.560. The van der Waals surface area contributed by atoms with Gasteiger partial charge >= 0.3 is 5.97 Å². The van der Waals surface area contributed by atoms with Crippen molar-refractivity contribution in [3.63, 3.8) is 0 Å². The lowest BCUT2D eigenvalue weighted by molar-refractivity contribution is -0.163. The Kier molecular flexibility index (Phi) is 30.0. The minimum atomic E-state index is -1.55. The number of anilines is 3. The largest absolute Gasteiger partial charge is 0.480 e. The molecule has 0 spiro atoms. The van der Waals surface area contributed by atoms with Gasteiger partial charge in [0.25, 0.3) is 5.91 Å². The van der Waals surface area contributed by atoms with E-state index in [1.165, 1.54) is 18.3 Å². The molecule has 0 bridgehead atoms. The number of hydrogen-bond donors (Lipinski definition) is 14. The van der Waals surface area contributed by atoms with Crippen LogP contribution in [0.15, 0.2) is 30.5 Å². The number of aliphatic carboxylic acids is 1. The molecule has 0 unspecified atom stereocenters. The Labute approximate surface area is 482 Å². The molecule has 0 radical (unpaired) electrons. The average molecular weight is 1190 g/mol. The van der Waals surface area contributed by atoms with Gasteiger partial charge in [-0.1, -0.05) is 0 Å². The van der Waals surface area contributed by atoms with Gasteiger partial charge in [0.1, 0.15) is 24.2 Å². The number of amides is 9. The molecule has 1 aromatic carbocycles. The number of benzene rings is 1. The molecule has 0 aliphatic carbocycles. The Balaban J connectivity index is 1.41. The van der Waals surface area contributed by atoms with Crippen molar-refractivity contribution in [2.45, 2.75) is 109 Å². The second-order valence-electron chi connectivity index (χ2n) is 19.0. The zero-order chi connectivity index (χ0) is 62.5. The number of rotatable bonds is 38. The molecule has 2 aromatic heterocycles. The fourth-order valence-corrected chi connectivity index (χ4v) is 7.59. The molecule has 84 heavy (non-hydrogen) atoms. The first-order valence-electron chi connectivity index (χ1n) is 26.6. The lowest BCUT2D eigenvalue weighted by Gasteiger charge is -2.26. The molecule has 0 saturated heterocycles. The Morgan fingerprint density at radius 3 is 1.65 bits per heavy atom. The number of hydroxylamine groups is 6. The van der Waals surface area contributed by atoms with E-state index in [0.29, 0.717) is 38.6 Å². The number of hydrogen-bond acceptors (Lipinski definition) is 24. The number of carbonyl (C=O) groups excluding carboxylic acids is 9. The van der Waals surface area contributed by atoms with Crippen molar-refractivity contribution in [3.05, 3.63) is 41.7 Å². The minimum Gasteiger partial charge on any atom is -0.480 e. The first kappa shape index (κ1) is 69.7. The van der Waals surface area contributed by atoms with Gasteiger partial charge in [0, 0.05) is 78.2 Å². The molecule has 0 aliphatic heterocycles. The van der Waals surface area contributed by atoms with Gasteiger partial charge in [0.15, 0.2) is 17.0 Å². The Bertz CT molecular complexity index is 2710. The number of nitrogens with zero attached hydrogens (tertiary/aromatic N) is 8. The van der Waals surface area contributed by atoms with Gasteiger partial charge in [-0.15, -0.1) is 0 Å². The molecular weight excluding hydrogens is 1110 g/mol. The van der Waals surface area contributed by atoms with Gasteiger partial charge in [0.2, 0.25) is 53.2 Å². The molecule has 34 nitrogen and oxygen atoms in total. The van der Waals surface area contributed by atoms with E-state index in [4.69, 9.17) is 26.7 Å². The summed E-state index contributed by atoms with van der Waals surface area (Å²) < 4.78 is 10.9. The van der Waals surface area contributed by atoms with Gasteiger partial charge in [-0.2, -0.15) is 9.97 Å². The van der Waals surface area contributed by atoms with Crippen LogP contribution in [0, 0.1) is 0 Å². The second-order valence-corrected chi connectivity index (χ2v) is 19.0. The Morgan fingerprint density at radius 1 is 0.619 bits per heavy atom. The number of aromatic nitrogens is 4. The highest BCUT2D eigenvalue weighted by Gasteiger charge is 2.31. The standard InChI is InChI=1S/C50H77N17O17/c1-29(69)65(80)19-5-8-35(51)45(74)58-36(9-6-20-66(81)30(2)70)47(76)59-37(10-7-21-67(82)31(3)71)48(77)61-39(28-68)46(75)55-18-23-84-25-24-83-22-17-54-40(72)16-15-38(49(78)79)60-44(73)32-11-13-34(14-12-32)64(4)27-33-26-56-43-41(57-33)42(52)62-50(53)63-43/h11-14,26,35-39,68,80-82H,5-10,15-25,27-28,51H2,1-4H3,(H,54,72)(H,55,75)(H,58,74)(H,59,76)(H,60,73)(H,61,77)(H,78,79)(H4,52,53,56,62,63)/t35-,36-,37-,38+,39-/m0/s1. The van der Waals surface area contributed by atoms with Crippen molar-refractivity contribution in [2.75, 3.05) is 89.2 Å².